The molecule has 0 radical (unpaired) electrons. The standard InChI is InChI=1S/C12H15N5O4/c13-15-9-6-8(2-3-10(9)17(20)21)12(19)16-5-1-4-14-11(18)7-16/h2-3,6,15H,1,4-5,7,13H2,(H,14,18). The average molecular weight is 293 g/mol. The summed E-state index contributed by atoms with van der Waals surface area (Å²) in [5, 5.41) is 13.5. The minimum absolute atomic E-state index is 0.0266. The van der Waals surface area contributed by atoms with Crippen molar-refractivity contribution in [2.45, 2.75) is 6.42 Å². The third-order valence-corrected chi connectivity index (χ3v) is 3.14. The molecule has 1 fully saturated rings. The first-order valence-corrected chi connectivity index (χ1v) is 6.34. The van der Waals surface area contributed by atoms with Crippen molar-refractivity contribution in [2.75, 3.05) is 25.1 Å². The van der Waals surface area contributed by atoms with Crippen LogP contribution in [0.3, 0.4) is 0 Å². The Morgan fingerprint density at radius 3 is 2.90 bits per heavy atom. The lowest BCUT2D eigenvalue weighted by atomic mass is 10.1. The summed E-state index contributed by atoms with van der Waals surface area (Å²) in [7, 11) is 0. The van der Waals surface area contributed by atoms with Crippen LogP contribution in [0.2, 0.25) is 0 Å². The van der Waals surface area contributed by atoms with Gasteiger partial charge in [-0.05, 0) is 18.6 Å². The number of benzene rings is 1. The van der Waals surface area contributed by atoms with Gasteiger partial charge in [-0.15, -0.1) is 0 Å². The molecule has 0 saturated carbocycles. The van der Waals surface area contributed by atoms with E-state index in [1.807, 2.05) is 0 Å². The number of nitrogens with two attached hydrogens (primary N) is 1. The third kappa shape index (κ3) is 3.26. The number of nitrogens with one attached hydrogen (secondary N) is 2. The van der Waals surface area contributed by atoms with Gasteiger partial charge in [-0.1, -0.05) is 0 Å². The predicted octanol–water partition coefficient (Wildman–Crippen LogP) is -0.157. The van der Waals surface area contributed by atoms with Crippen LogP contribution < -0.4 is 16.6 Å². The maximum atomic E-state index is 12.4. The van der Waals surface area contributed by atoms with Gasteiger partial charge in [-0.2, -0.15) is 0 Å². The van der Waals surface area contributed by atoms with Gasteiger partial charge in [0.2, 0.25) is 5.91 Å². The number of amides is 2. The molecular weight excluding hydrogens is 278 g/mol. The Morgan fingerprint density at radius 2 is 2.24 bits per heavy atom. The molecule has 0 atom stereocenters. The lowest BCUT2D eigenvalue weighted by Crippen LogP contribution is -2.37. The van der Waals surface area contributed by atoms with E-state index in [2.05, 4.69) is 10.7 Å². The normalized spacial score (nSPS) is 15.1. The van der Waals surface area contributed by atoms with Gasteiger partial charge in [0.25, 0.3) is 11.6 Å². The van der Waals surface area contributed by atoms with Crippen LogP contribution in [0.1, 0.15) is 16.8 Å². The molecule has 0 unspecified atom stereocenters. The van der Waals surface area contributed by atoms with Crippen LogP contribution in [0, 0.1) is 10.1 Å². The molecule has 0 spiro atoms. The van der Waals surface area contributed by atoms with Crippen molar-refractivity contribution in [3.8, 4) is 0 Å². The number of nitrogens with zero attached hydrogens (tertiary/aromatic N) is 2. The molecule has 4 N–H and O–H groups in total. The molecule has 9 heteroatoms. The molecule has 0 aliphatic carbocycles. The molecule has 9 nitrogen and oxygen atoms in total. The number of nitro groups is 1. The molecule has 1 heterocycles. The minimum atomic E-state index is -0.594. The molecule has 0 bridgehead atoms. The lowest BCUT2D eigenvalue weighted by molar-refractivity contribution is -0.384. The highest BCUT2D eigenvalue weighted by Gasteiger charge is 2.23. The highest BCUT2D eigenvalue weighted by molar-refractivity contribution is 5.98. The van der Waals surface area contributed by atoms with Gasteiger partial charge < -0.3 is 15.6 Å². The second-order valence-corrected chi connectivity index (χ2v) is 4.56. The van der Waals surface area contributed by atoms with E-state index in [1.54, 1.807) is 0 Å². The van der Waals surface area contributed by atoms with E-state index in [0.717, 1.165) is 0 Å². The summed E-state index contributed by atoms with van der Waals surface area (Å²) in [6.07, 6.45) is 0.659. The average Bonchev–Trinajstić information content (AvgIpc) is 2.70. The van der Waals surface area contributed by atoms with E-state index in [1.165, 1.54) is 23.1 Å². The highest BCUT2D eigenvalue weighted by Crippen LogP contribution is 2.25. The van der Waals surface area contributed by atoms with Crippen LogP contribution in [0.4, 0.5) is 11.4 Å². The number of rotatable bonds is 3. The molecule has 0 aromatic heterocycles. The van der Waals surface area contributed by atoms with Crippen molar-refractivity contribution in [1.82, 2.24) is 10.2 Å². The molecule has 2 rings (SSSR count). The zero-order chi connectivity index (χ0) is 15.4. The number of hydrogen-bond acceptors (Lipinski definition) is 6. The van der Waals surface area contributed by atoms with Gasteiger partial charge in [-0.25, -0.2) is 0 Å². The van der Waals surface area contributed by atoms with Crippen LogP contribution in [0.5, 0.6) is 0 Å². The topological polar surface area (TPSA) is 131 Å². The summed E-state index contributed by atoms with van der Waals surface area (Å²) in [5.74, 6) is 4.65. The SMILES string of the molecule is NNc1cc(C(=O)N2CCCNC(=O)C2)ccc1[N+](=O)[O-]. The first kappa shape index (κ1) is 14.7. The van der Waals surface area contributed by atoms with Gasteiger partial charge in [0, 0.05) is 24.7 Å². The van der Waals surface area contributed by atoms with Gasteiger partial charge in [-0.3, -0.25) is 25.5 Å². The van der Waals surface area contributed by atoms with Gasteiger partial charge in [0.1, 0.15) is 5.69 Å². The maximum absolute atomic E-state index is 12.4. The van der Waals surface area contributed by atoms with Crippen molar-refractivity contribution >= 4 is 23.2 Å². The van der Waals surface area contributed by atoms with E-state index in [0.29, 0.717) is 19.5 Å². The first-order valence-electron chi connectivity index (χ1n) is 6.34. The van der Waals surface area contributed by atoms with E-state index >= 15 is 0 Å². The fourth-order valence-electron chi connectivity index (χ4n) is 2.11. The largest absolute Gasteiger partial charge is 0.354 e. The number of hydrazine groups is 1. The molecule has 1 aromatic carbocycles. The first-order chi connectivity index (χ1) is 10.0. The highest BCUT2D eigenvalue weighted by atomic mass is 16.6. The Morgan fingerprint density at radius 1 is 1.48 bits per heavy atom. The predicted molar refractivity (Wildman–Crippen MR) is 74.4 cm³/mol. The van der Waals surface area contributed by atoms with Gasteiger partial charge >= 0.3 is 0 Å². The van der Waals surface area contributed by atoms with Crippen molar-refractivity contribution in [2.24, 2.45) is 5.84 Å². The monoisotopic (exact) mass is 293 g/mol. The van der Waals surface area contributed by atoms with E-state index in [4.69, 9.17) is 5.84 Å². The summed E-state index contributed by atoms with van der Waals surface area (Å²) in [6, 6.07) is 3.87. The van der Waals surface area contributed by atoms with Crippen LogP contribution in [0.25, 0.3) is 0 Å². The molecule has 112 valence electrons. The Bertz CT molecular complexity index is 589. The summed E-state index contributed by atoms with van der Waals surface area (Å²) >= 11 is 0. The molecule has 1 aliphatic heterocycles. The minimum Gasteiger partial charge on any atom is -0.354 e. The lowest BCUT2D eigenvalue weighted by Gasteiger charge is -2.19. The molecule has 1 aliphatic rings. The van der Waals surface area contributed by atoms with Crippen LogP contribution >= 0.6 is 0 Å². The summed E-state index contributed by atoms with van der Waals surface area (Å²) in [5.41, 5.74) is 2.27. The van der Waals surface area contributed by atoms with Gasteiger partial charge in [0.05, 0.1) is 11.5 Å². The Hall–Kier alpha value is -2.68. The number of anilines is 1. The summed E-state index contributed by atoms with van der Waals surface area (Å²) < 4.78 is 0. The number of nitro benzene ring substituents is 1. The fourth-order valence-corrected chi connectivity index (χ4v) is 2.11. The number of carbonyl (C=O) groups excluding carboxylic acids is 2. The smallest absolute Gasteiger partial charge is 0.293 e. The van der Waals surface area contributed by atoms with Crippen molar-refractivity contribution in [3.63, 3.8) is 0 Å². The number of nitrogen functional groups attached to an aromatic ring is 1. The van der Waals surface area contributed by atoms with Crippen LogP contribution in [-0.4, -0.2) is 41.3 Å². The second kappa shape index (κ2) is 6.18. The Balaban J connectivity index is 2.26. The van der Waals surface area contributed by atoms with E-state index in [9.17, 15) is 19.7 Å². The molecule has 1 aromatic rings. The Labute approximate surface area is 120 Å². The van der Waals surface area contributed by atoms with Crippen LogP contribution in [0.15, 0.2) is 18.2 Å². The zero-order valence-corrected chi connectivity index (χ0v) is 11.2. The second-order valence-electron chi connectivity index (χ2n) is 4.56. The zero-order valence-electron chi connectivity index (χ0n) is 11.2. The Kier molecular flexibility index (Phi) is 4.33. The van der Waals surface area contributed by atoms with Gasteiger partial charge in [0.15, 0.2) is 0 Å². The molecule has 2 amide bonds. The maximum Gasteiger partial charge on any atom is 0.293 e. The molecular formula is C12H15N5O4. The molecule has 21 heavy (non-hydrogen) atoms. The molecule has 1 saturated heterocycles. The van der Waals surface area contributed by atoms with E-state index < -0.39 is 4.92 Å². The quantitative estimate of drug-likeness (QED) is 0.403. The van der Waals surface area contributed by atoms with Crippen molar-refractivity contribution in [3.05, 3.63) is 33.9 Å². The van der Waals surface area contributed by atoms with Crippen LogP contribution in [-0.2, 0) is 4.79 Å². The third-order valence-electron chi connectivity index (χ3n) is 3.14. The summed E-state index contributed by atoms with van der Waals surface area (Å²) in [6.45, 7) is 0.944. The van der Waals surface area contributed by atoms with Crippen molar-refractivity contribution in [1.29, 1.82) is 0 Å². The number of hydrogen-bond donors (Lipinski definition) is 3. The summed E-state index contributed by atoms with van der Waals surface area (Å²) in [4.78, 5) is 35.4. The number of carbonyl (C=O) groups is 2. The van der Waals surface area contributed by atoms with Crippen molar-refractivity contribution < 1.29 is 14.5 Å². The fraction of sp³-hybridized carbons (Fsp3) is 0.333. The van der Waals surface area contributed by atoms with E-state index in [-0.39, 0.29) is 35.3 Å².